The van der Waals surface area contributed by atoms with Crippen LogP contribution in [0.5, 0.6) is 0 Å². The fraction of sp³-hybridized carbons (Fsp3) is 0.571. The molecule has 0 fully saturated rings. The number of hydrogen-bond acceptors (Lipinski definition) is 6. The van der Waals surface area contributed by atoms with Crippen molar-refractivity contribution in [3.63, 3.8) is 0 Å². The molecule has 0 bridgehead atoms. The SMILES string of the molecule is CC=CC(=O)OCC(O)CS(=O)(=O)[O-].[NH4+]. The van der Waals surface area contributed by atoms with Crippen molar-refractivity contribution in [2.75, 3.05) is 12.4 Å². The number of carbonyl (C=O) groups excluding carboxylic acids is 1. The summed E-state index contributed by atoms with van der Waals surface area (Å²) in [6, 6.07) is 0. The van der Waals surface area contributed by atoms with Crippen LogP contribution in [0.25, 0.3) is 0 Å². The molecule has 1 atom stereocenters. The van der Waals surface area contributed by atoms with Crippen molar-refractivity contribution in [1.29, 1.82) is 0 Å². The molecule has 0 heterocycles. The van der Waals surface area contributed by atoms with Crippen LogP contribution < -0.4 is 6.15 Å². The number of hydrogen-bond donors (Lipinski definition) is 2. The number of esters is 1. The Morgan fingerprint density at radius 1 is 1.60 bits per heavy atom. The van der Waals surface area contributed by atoms with Gasteiger partial charge in [-0.3, -0.25) is 0 Å². The first-order chi connectivity index (χ1) is 6.35. The molecule has 0 rings (SSSR count). The summed E-state index contributed by atoms with van der Waals surface area (Å²) in [6.07, 6.45) is 1.06. The maximum atomic E-state index is 10.7. The van der Waals surface area contributed by atoms with Crippen molar-refractivity contribution in [2.45, 2.75) is 13.0 Å². The minimum Gasteiger partial charge on any atom is -0.748 e. The minimum atomic E-state index is -4.49. The van der Waals surface area contributed by atoms with E-state index in [1.54, 1.807) is 6.92 Å². The molecule has 7 nitrogen and oxygen atoms in total. The second kappa shape index (κ2) is 7.35. The average molecular weight is 241 g/mol. The second-order valence-corrected chi connectivity index (χ2v) is 3.96. The van der Waals surface area contributed by atoms with Gasteiger partial charge >= 0.3 is 5.97 Å². The lowest BCUT2D eigenvalue weighted by Crippen LogP contribution is -2.26. The van der Waals surface area contributed by atoms with E-state index >= 15 is 0 Å². The molecular weight excluding hydrogens is 226 g/mol. The molecule has 0 amide bonds. The third-order valence-electron chi connectivity index (χ3n) is 1.12. The Morgan fingerprint density at radius 2 is 2.13 bits per heavy atom. The summed E-state index contributed by atoms with van der Waals surface area (Å²) in [5.41, 5.74) is 0. The highest BCUT2D eigenvalue weighted by Crippen LogP contribution is 1.92. The fourth-order valence-corrected chi connectivity index (χ4v) is 1.21. The van der Waals surface area contributed by atoms with E-state index in [9.17, 15) is 17.8 Å². The van der Waals surface area contributed by atoms with E-state index in [0.717, 1.165) is 6.08 Å². The molecule has 0 aromatic rings. The van der Waals surface area contributed by atoms with E-state index in [0.29, 0.717) is 0 Å². The van der Waals surface area contributed by atoms with Crippen LogP contribution in [0.4, 0.5) is 0 Å². The smallest absolute Gasteiger partial charge is 0.330 e. The normalized spacial score (nSPS) is 13.3. The third-order valence-corrected chi connectivity index (χ3v) is 1.91. The lowest BCUT2D eigenvalue weighted by atomic mass is 10.4. The van der Waals surface area contributed by atoms with Crippen LogP contribution in [0.2, 0.25) is 0 Å². The van der Waals surface area contributed by atoms with Gasteiger partial charge in [-0.2, -0.15) is 0 Å². The second-order valence-electron chi connectivity index (χ2n) is 2.51. The Labute approximate surface area is 88.1 Å². The van der Waals surface area contributed by atoms with Crippen LogP contribution in [-0.4, -0.2) is 42.5 Å². The first-order valence-electron chi connectivity index (χ1n) is 3.76. The summed E-state index contributed by atoms with van der Waals surface area (Å²) in [4.78, 5) is 10.7. The summed E-state index contributed by atoms with van der Waals surface area (Å²) in [7, 11) is -4.49. The number of allylic oxidation sites excluding steroid dienone is 1. The van der Waals surface area contributed by atoms with E-state index in [4.69, 9.17) is 5.11 Å². The lowest BCUT2D eigenvalue weighted by molar-refractivity contribution is -0.140. The first kappa shape index (κ1) is 16.5. The molecule has 8 heteroatoms. The summed E-state index contributed by atoms with van der Waals surface area (Å²) in [6.45, 7) is 1.09. The zero-order valence-electron chi connectivity index (χ0n) is 8.54. The van der Waals surface area contributed by atoms with Gasteiger partial charge in [0.1, 0.15) is 12.7 Å². The number of ether oxygens (including phenoxy) is 1. The molecule has 0 aromatic carbocycles. The summed E-state index contributed by atoms with van der Waals surface area (Å²) in [5.74, 6) is -1.66. The number of quaternary nitrogens is 1. The molecule has 5 N–H and O–H groups in total. The highest BCUT2D eigenvalue weighted by Gasteiger charge is 2.10. The van der Waals surface area contributed by atoms with Gasteiger partial charge in [-0.1, -0.05) is 6.08 Å². The number of carbonyl (C=O) groups is 1. The molecule has 0 aliphatic carbocycles. The van der Waals surface area contributed by atoms with Gasteiger partial charge in [0.25, 0.3) is 0 Å². The van der Waals surface area contributed by atoms with E-state index in [2.05, 4.69) is 4.74 Å². The van der Waals surface area contributed by atoms with Gasteiger partial charge in [0, 0.05) is 6.08 Å². The van der Waals surface area contributed by atoms with Gasteiger partial charge in [-0.05, 0) is 6.92 Å². The zero-order chi connectivity index (χ0) is 11.2. The van der Waals surface area contributed by atoms with Crippen molar-refractivity contribution in [2.24, 2.45) is 0 Å². The van der Waals surface area contributed by atoms with Gasteiger partial charge in [-0.25, -0.2) is 13.2 Å². The predicted molar refractivity (Wildman–Crippen MR) is 52.3 cm³/mol. The molecule has 1 unspecified atom stereocenters. The van der Waals surface area contributed by atoms with Crippen molar-refractivity contribution in [3.8, 4) is 0 Å². The maximum Gasteiger partial charge on any atom is 0.330 e. The lowest BCUT2D eigenvalue weighted by Gasteiger charge is -2.12. The van der Waals surface area contributed by atoms with Gasteiger partial charge in [-0.15, -0.1) is 0 Å². The Hall–Kier alpha value is -0.960. The molecule has 90 valence electrons. The van der Waals surface area contributed by atoms with Gasteiger partial charge in [0.2, 0.25) is 0 Å². The topological polar surface area (TPSA) is 140 Å². The van der Waals surface area contributed by atoms with Crippen LogP contribution in [0, 0.1) is 0 Å². The van der Waals surface area contributed by atoms with E-state index in [-0.39, 0.29) is 6.15 Å². The zero-order valence-corrected chi connectivity index (χ0v) is 9.36. The third kappa shape index (κ3) is 11.0. The number of aliphatic hydroxyl groups is 1. The predicted octanol–water partition coefficient (Wildman–Crippen LogP) is -0.612. The Balaban J connectivity index is 0. The summed E-state index contributed by atoms with van der Waals surface area (Å²) < 4.78 is 34.8. The van der Waals surface area contributed by atoms with Gasteiger partial charge in [0.05, 0.1) is 15.9 Å². The van der Waals surface area contributed by atoms with Gasteiger partial charge < -0.3 is 20.5 Å². The van der Waals surface area contributed by atoms with E-state index in [1.807, 2.05) is 0 Å². The van der Waals surface area contributed by atoms with Crippen molar-refractivity contribution in [1.82, 2.24) is 6.15 Å². The molecule has 0 aromatic heterocycles. The summed E-state index contributed by atoms with van der Waals surface area (Å²) in [5, 5.41) is 8.92. The molecule has 0 saturated heterocycles. The highest BCUT2D eigenvalue weighted by molar-refractivity contribution is 7.85. The van der Waals surface area contributed by atoms with Gasteiger partial charge in [0.15, 0.2) is 0 Å². The first-order valence-corrected chi connectivity index (χ1v) is 5.34. The van der Waals surface area contributed by atoms with Crippen LogP contribution in [0.3, 0.4) is 0 Å². The van der Waals surface area contributed by atoms with Crippen LogP contribution in [0.1, 0.15) is 6.92 Å². The molecule has 0 spiro atoms. The van der Waals surface area contributed by atoms with E-state index < -0.39 is 34.6 Å². The monoisotopic (exact) mass is 241 g/mol. The van der Waals surface area contributed by atoms with E-state index in [1.165, 1.54) is 6.08 Å². The van der Waals surface area contributed by atoms with Crippen molar-refractivity contribution >= 4 is 16.1 Å². The van der Waals surface area contributed by atoms with Crippen molar-refractivity contribution in [3.05, 3.63) is 12.2 Å². The molecular formula is C7H15NO6S. The molecule has 0 aliphatic rings. The van der Waals surface area contributed by atoms with Crippen molar-refractivity contribution < 1.29 is 27.6 Å². The number of rotatable bonds is 5. The van der Waals surface area contributed by atoms with Crippen LogP contribution >= 0.6 is 0 Å². The fourth-order valence-electron chi connectivity index (χ4n) is 0.646. The van der Waals surface area contributed by atoms with Crippen LogP contribution in [0.15, 0.2) is 12.2 Å². The maximum absolute atomic E-state index is 10.7. The summed E-state index contributed by atoms with van der Waals surface area (Å²) >= 11 is 0. The minimum absolute atomic E-state index is 0. The Morgan fingerprint density at radius 3 is 2.53 bits per heavy atom. The molecule has 0 saturated carbocycles. The largest absolute Gasteiger partial charge is 0.748 e. The Bertz CT molecular complexity index is 309. The highest BCUT2D eigenvalue weighted by atomic mass is 32.2. The number of aliphatic hydroxyl groups excluding tert-OH is 1. The Kier molecular flexibility index (Phi) is 8.07. The quantitative estimate of drug-likeness (QED) is 0.373. The standard InChI is InChI=1S/C7H12O6S.H3N/c1-2-3-7(9)13-4-6(8)5-14(10,11)12;/h2-3,6,8H,4-5H2,1H3,(H,10,11,12);1H3. The molecule has 0 aliphatic heterocycles. The molecule has 15 heavy (non-hydrogen) atoms. The average Bonchev–Trinajstić information content (AvgIpc) is 1.98. The molecule has 0 radical (unpaired) electrons. The van der Waals surface area contributed by atoms with Crippen LogP contribution in [-0.2, 0) is 19.6 Å².